The molecule has 19 atom stereocenters. The minimum Gasteiger partial charge on any atom is -0.508 e. The Morgan fingerprint density at radius 2 is 1.32 bits per heavy atom. The maximum absolute atomic E-state index is 16.1. The molecule has 13 unspecified atom stereocenters. The van der Waals surface area contributed by atoms with Gasteiger partial charge in [0.15, 0.2) is 36.0 Å². The number of rotatable bonds is 18. The van der Waals surface area contributed by atoms with Crippen molar-refractivity contribution in [2.45, 2.75) is 162 Å². The highest BCUT2D eigenvalue weighted by Gasteiger charge is 2.52. The molecule has 108 heavy (non-hydrogen) atoms. The van der Waals surface area contributed by atoms with E-state index in [0.717, 1.165) is 73.8 Å². The molecular formula is C70H81Cl2N9O27. The third-order valence-electron chi connectivity index (χ3n) is 19.0. The van der Waals surface area contributed by atoms with Crippen LogP contribution in [-0.2, 0) is 62.1 Å². The van der Waals surface area contributed by atoms with Gasteiger partial charge in [-0.15, -0.1) is 0 Å². The lowest BCUT2D eigenvalue weighted by atomic mass is 9.84. The van der Waals surface area contributed by atoms with Gasteiger partial charge in [0.05, 0.1) is 41.3 Å². The Morgan fingerprint density at radius 1 is 0.713 bits per heavy atom. The Morgan fingerprint density at radius 3 is 1.91 bits per heavy atom. The number of fused-ring (bicyclic) bond motifs is 15. The minimum atomic E-state index is -2.39. The molecule has 0 aliphatic carbocycles. The number of phenols is 3. The smallest absolute Gasteiger partial charge is 0.334 e. The molecule has 582 valence electrons. The monoisotopic (exact) mass is 1550 g/mol. The fourth-order valence-electron chi connectivity index (χ4n) is 13.2. The molecule has 0 radical (unpaired) electrons. The van der Waals surface area contributed by atoms with Crippen molar-refractivity contribution in [3.63, 3.8) is 0 Å². The summed E-state index contributed by atoms with van der Waals surface area (Å²) in [6.45, 7) is 5.20. The summed E-state index contributed by atoms with van der Waals surface area (Å²) in [6.07, 6.45) is -21.0. The number of carbonyl (C=O) groups is 9. The van der Waals surface area contributed by atoms with Crippen molar-refractivity contribution < 1.29 is 132 Å². The van der Waals surface area contributed by atoms with Gasteiger partial charge in [0.1, 0.15) is 89.5 Å². The van der Waals surface area contributed by atoms with E-state index in [2.05, 4.69) is 42.5 Å². The van der Waals surface area contributed by atoms with Gasteiger partial charge in [-0.05, 0) is 110 Å². The SMILES string of the molecule is CN[C@H](CC(C)C)C(=O)NC1C(=O)NC(CC(N)=O)C(=O)N[C@H]2C(=O)NC3C(=O)N[C@H](C(=O)N[C@@H](C(=O)O)c4cc(O)cc(O)c4-c4cc3ccc4O)[C@H](O)c3ccc(c(Cl)c3)Oc3cc2cc(c3OC2OC(CO)C(O)C(O)C2OC2CC(C)(NCC(OC)C(=O)O)C(O)C(C)O2)Oc2ccc(cc2Cl)[C@H]1O. The van der Waals surface area contributed by atoms with E-state index in [4.69, 9.17) is 62.1 Å². The Labute approximate surface area is 624 Å². The summed E-state index contributed by atoms with van der Waals surface area (Å²) < 4.78 is 43.8. The zero-order valence-corrected chi connectivity index (χ0v) is 59.8. The van der Waals surface area contributed by atoms with Crippen LogP contribution in [0.1, 0.15) is 105 Å². The van der Waals surface area contributed by atoms with Crippen molar-refractivity contribution in [3.05, 3.63) is 117 Å². The molecule has 7 heterocycles. The van der Waals surface area contributed by atoms with Crippen LogP contribution in [0, 0.1) is 5.92 Å². The van der Waals surface area contributed by atoms with Gasteiger partial charge >= 0.3 is 11.9 Å². The average Bonchev–Trinajstić information content (AvgIpc) is 0.798. The van der Waals surface area contributed by atoms with Crippen LogP contribution in [0.25, 0.3) is 11.1 Å². The molecule has 38 heteroatoms. The highest BCUT2D eigenvalue weighted by Crippen LogP contribution is 2.50. The number of aliphatic hydroxyl groups excluding tert-OH is 6. The molecule has 11 bridgehead atoms. The number of nitrogens with two attached hydrogens (primary N) is 1. The van der Waals surface area contributed by atoms with E-state index in [9.17, 15) is 84.9 Å². The van der Waals surface area contributed by atoms with E-state index in [1.54, 1.807) is 0 Å². The number of aromatic hydroxyl groups is 3. The number of aliphatic hydroxyl groups is 6. The zero-order valence-electron chi connectivity index (χ0n) is 58.3. The first-order chi connectivity index (χ1) is 51.0. The van der Waals surface area contributed by atoms with E-state index in [-0.39, 0.29) is 47.7 Å². The van der Waals surface area contributed by atoms with Crippen LogP contribution in [0.3, 0.4) is 0 Å². The number of nitrogens with one attached hydrogen (secondary N) is 8. The van der Waals surface area contributed by atoms with Gasteiger partial charge in [-0.2, -0.15) is 0 Å². The first kappa shape index (κ1) is 80.8. The number of carboxylic acid groups (broad SMARTS) is 2. The number of benzene rings is 5. The van der Waals surface area contributed by atoms with Crippen molar-refractivity contribution >= 4 is 76.5 Å². The van der Waals surface area contributed by atoms with Gasteiger partial charge in [-0.1, -0.05) is 55.2 Å². The molecule has 0 spiro atoms. The van der Waals surface area contributed by atoms with Crippen LogP contribution in [0.5, 0.6) is 46.0 Å². The van der Waals surface area contributed by atoms with Crippen molar-refractivity contribution in [3.8, 4) is 57.1 Å². The van der Waals surface area contributed by atoms with Crippen molar-refractivity contribution in [1.82, 2.24) is 42.5 Å². The van der Waals surface area contributed by atoms with E-state index in [1.807, 2.05) is 13.8 Å². The van der Waals surface area contributed by atoms with E-state index < -0.39 is 254 Å². The fraction of sp³-hybridized carbons (Fsp3) is 0.443. The van der Waals surface area contributed by atoms with Gasteiger partial charge in [-0.3, -0.25) is 33.6 Å². The summed E-state index contributed by atoms with van der Waals surface area (Å²) in [5.41, 5.74) is 1.29. The van der Waals surface area contributed by atoms with Crippen molar-refractivity contribution in [2.24, 2.45) is 11.7 Å². The Balaban J connectivity index is 1.22. The second kappa shape index (κ2) is 33.4. The van der Waals surface area contributed by atoms with Gasteiger partial charge in [0.2, 0.25) is 53.4 Å². The van der Waals surface area contributed by atoms with Crippen molar-refractivity contribution in [2.75, 3.05) is 27.3 Å². The van der Waals surface area contributed by atoms with E-state index in [0.29, 0.717) is 0 Å². The van der Waals surface area contributed by atoms with Crippen LogP contribution in [-0.4, -0.2) is 222 Å². The number of aliphatic carboxylic acids is 2. The van der Waals surface area contributed by atoms with E-state index in [1.165, 1.54) is 33.0 Å². The fourth-order valence-corrected chi connectivity index (χ4v) is 13.7. The quantitative estimate of drug-likeness (QED) is 0.0542. The van der Waals surface area contributed by atoms with Crippen LogP contribution in [0.15, 0.2) is 78.9 Å². The Hall–Kier alpha value is -9.77. The highest BCUT2D eigenvalue weighted by atomic mass is 35.5. The third-order valence-corrected chi connectivity index (χ3v) is 19.6. The van der Waals surface area contributed by atoms with Crippen LogP contribution < -0.4 is 62.5 Å². The second-order valence-electron chi connectivity index (χ2n) is 27.1. The first-order valence-corrected chi connectivity index (χ1v) is 34.5. The summed E-state index contributed by atoms with van der Waals surface area (Å²) in [7, 11) is 2.62. The lowest BCUT2D eigenvalue weighted by Crippen LogP contribution is -2.66. The largest absolute Gasteiger partial charge is 0.508 e. The first-order valence-electron chi connectivity index (χ1n) is 33.7. The molecule has 0 aromatic heterocycles. The number of amides is 7. The van der Waals surface area contributed by atoms with Crippen LogP contribution in [0.4, 0.5) is 0 Å². The standard InChI is InChI=1S/C70H81Cl2N9O27/c1-25(2)13-36(74-5)61(92)80-52-54(87)28-8-11-40(34(71)15-28)104-42-17-30-18-43(58(42)108-69-59(57(90)56(89)45(24-82)106-69)107-47-22-70(4,60(91)26(3)103-47)75-23-44(102-6)67(98)99)105-41-12-9-29(16-35(41)72)55(88)53-66(97)79-51(68(100)101)33-19-31(83)20-39(85)48(33)32-14-27(7-10-38(32)84)49(63(94)81-53)78-64(95)50(30)77-62(93)37(21-46(73)86)76-65(52)96/h7-12,14-20,25-26,36-37,44-45,47,49-57,59-60,69,74-75,82-85,87-91H,13,21-24H2,1-6H3,(H2,73,86)(H,76,96)(H,77,93)(H,78,95)(H,79,97)(H,80,92)(H,81,94)(H,98,99)(H,100,101)/t26?,36-,37?,44?,45?,47?,49?,50-,51-,52?,53+,54-,55-,56?,57?,59?,60?,69?,70?/m1/s1. The zero-order chi connectivity index (χ0) is 78.8. The molecular weight excluding hydrogens is 1470 g/mol. The molecule has 5 aromatic carbocycles. The van der Waals surface area contributed by atoms with Gasteiger partial charge in [0.25, 0.3) is 0 Å². The number of methoxy groups -OCH3 is 1. The lowest BCUT2D eigenvalue weighted by molar-refractivity contribution is -0.334. The molecule has 2 fully saturated rings. The number of phenolic OH excluding ortho intramolecular Hbond substituents is 3. The Kier molecular flexibility index (Phi) is 25.0. The second-order valence-corrected chi connectivity index (χ2v) is 27.9. The number of carbonyl (C=O) groups excluding carboxylic acids is 7. The number of primary amides is 1. The molecule has 7 aliphatic heterocycles. The maximum atomic E-state index is 16.1. The summed E-state index contributed by atoms with van der Waals surface area (Å²) >= 11 is 14.2. The summed E-state index contributed by atoms with van der Waals surface area (Å²) in [6, 6.07) is -1.10. The van der Waals surface area contributed by atoms with E-state index >= 15 is 14.4 Å². The predicted octanol–water partition coefficient (Wildman–Crippen LogP) is -0.163. The minimum absolute atomic E-state index is 0.115. The van der Waals surface area contributed by atoms with Gasteiger partial charge < -0.3 is 138 Å². The molecule has 7 amide bonds. The van der Waals surface area contributed by atoms with Gasteiger partial charge in [0, 0.05) is 48.4 Å². The Bertz CT molecular complexity index is 4310. The lowest BCUT2D eigenvalue weighted by Gasteiger charge is -2.48. The van der Waals surface area contributed by atoms with Crippen molar-refractivity contribution in [1.29, 1.82) is 0 Å². The van der Waals surface area contributed by atoms with Crippen LogP contribution >= 0.6 is 23.2 Å². The highest BCUT2D eigenvalue weighted by molar-refractivity contribution is 6.32. The number of hydrogen-bond donors (Lipinski definition) is 20. The number of likely N-dealkylation sites (N-methyl/N-ethyl adjacent to an activating group) is 1. The average molecular weight is 1550 g/mol. The van der Waals surface area contributed by atoms with Gasteiger partial charge in [-0.25, -0.2) is 9.59 Å². The predicted molar refractivity (Wildman–Crippen MR) is 372 cm³/mol. The number of carboxylic acids is 2. The number of ether oxygens (including phenoxy) is 7. The molecule has 5 aromatic rings. The molecule has 21 N–H and O–H groups in total. The topological polar surface area (TPSA) is 563 Å². The normalized spacial score (nSPS) is 28.6. The van der Waals surface area contributed by atoms with Crippen LogP contribution in [0.2, 0.25) is 10.0 Å². The molecule has 12 rings (SSSR count). The molecule has 36 nitrogen and oxygen atoms in total. The molecule has 2 saturated heterocycles. The number of hydrogen-bond acceptors (Lipinski definition) is 27. The molecule has 0 saturated carbocycles. The molecule has 7 aliphatic rings. The summed E-state index contributed by atoms with van der Waals surface area (Å²) in [5.74, 6) is -17.8. The maximum Gasteiger partial charge on any atom is 0.334 e. The third kappa shape index (κ3) is 17.4. The number of halogens is 2. The summed E-state index contributed by atoms with van der Waals surface area (Å²) in [4.78, 5) is 129. The summed E-state index contributed by atoms with van der Waals surface area (Å²) in [5, 5.41) is 145.